The van der Waals surface area contributed by atoms with Gasteiger partial charge in [-0.25, -0.2) is 4.39 Å². The Kier molecular flexibility index (Phi) is 5.53. The zero-order valence-electron chi connectivity index (χ0n) is 11.4. The van der Waals surface area contributed by atoms with Gasteiger partial charge in [0.15, 0.2) is 0 Å². The second kappa shape index (κ2) is 7.18. The number of carbonyl (C=O) groups excluding carboxylic acids is 1. The van der Waals surface area contributed by atoms with Gasteiger partial charge in [-0.2, -0.15) is 0 Å². The molecule has 1 N–H and O–H groups in total. The summed E-state index contributed by atoms with van der Waals surface area (Å²) in [4.78, 5) is 12.1. The van der Waals surface area contributed by atoms with Crippen molar-refractivity contribution in [1.82, 2.24) is 5.32 Å². The van der Waals surface area contributed by atoms with Crippen molar-refractivity contribution < 1.29 is 9.18 Å². The highest BCUT2D eigenvalue weighted by Gasteiger charge is 2.10. The average Bonchev–Trinajstić information content (AvgIpc) is 2.41. The first-order valence-corrected chi connectivity index (χ1v) is 8.04. The topological polar surface area (TPSA) is 29.1 Å². The van der Waals surface area contributed by atoms with Crippen molar-refractivity contribution in [3.05, 3.63) is 67.9 Å². The van der Waals surface area contributed by atoms with E-state index in [1.807, 2.05) is 19.1 Å². The van der Waals surface area contributed by atoms with Crippen molar-refractivity contribution >= 4 is 37.8 Å². The fourth-order valence-corrected chi connectivity index (χ4v) is 3.25. The first-order valence-electron chi connectivity index (χ1n) is 6.45. The summed E-state index contributed by atoms with van der Waals surface area (Å²) in [5.74, 6) is -0.367. The Balaban J connectivity index is 1.95. The number of hydrogen-bond acceptors (Lipinski definition) is 1. The normalized spacial score (nSPS) is 10.5. The van der Waals surface area contributed by atoms with Crippen LogP contribution in [-0.4, -0.2) is 12.5 Å². The van der Waals surface area contributed by atoms with Gasteiger partial charge in [0.05, 0.1) is 5.56 Å². The molecule has 1 amide bonds. The summed E-state index contributed by atoms with van der Waals surface area (Å²) in [5.41, 5.74) is 2.52. The molecule has 0 atom stereocenters. The van der Waals surface area contributed by atoms with E-state index in [-0.39, 0.29) is 11.7 Å². The van der Waals surface area contributed by atoms with Crippen LogP contribution in [0.2, 0.25) is 0 Å². The molecule has 0 saturated heterocycles. The standard InChI is InChI=1S/C16H14Br2FNO/c1-10-8-13(19)4-2-11(10)6-7-20-16(21)14-5-3-12(17)9-15(14)18/h2-5,8-9H,6-7H2,1H3,(H,20,21). The monoisotopic (exact) mass is 413 g/mol. The van der Waals surface area contributed by atoms with Gasteiger partial charge in [0.25, 0.3) is 5.91 Å². The second-order valence-electron chi connectivity index (χ2n) is 4.70. The number of nitrogens with one attached hydrogen (secondary N) is 1. The fraction of sp³-hybridized carbons (Fsp3) is 0.188. The van der Waals surface area contributed by atoms with Crippen LogP contribution in [0.3, 0.4) is 0 Å². The Morgan fingerprint density at radius 3 is 2.62 bits per heavy atom. The van der Waals surface area contributed by atoms with E-state index in [9.17, 15) is 9.18 Å². The number of aryl methyl sites for hydroxylation is 1. The third-order valence-electron chi connectivity index (χ3n) is 3.16. The third kappa shape index (κ3) is 4.38. The molecule has 0 spiro atoms. The number of amides is 1. The van der Waals surface area contributed by atoms with Crippen molar-refractivity contribution in [1.29, 1.82) is 0 Å². The van der Waals surface area contributed by atoms with E-state index >= 15 is 0 Å². The lowest BCUT2D eigenvalue weighted by Crippen LogP contribution is -2.26. The molecule has 2 aromatic rings. The van der Waals surface area contributed by atoms with Crippen LogP contribution in [0, 0.1) is 12.7 Å². The van der Waals surface area contributed by atoms with Crippen LogP contribution in [0.15, 0.2) is 45.3 Å². The SMILES string of the molecule is Cc1cc(F)ccc1CCNC(=O)c1ccc(Br)cc1Br. The van der Waals surface area contributed by atoms with Gasteiger partial charge < -0.3 is 5.32 Å². The number of halogens is 3. The van der Waals surface area contributed by atoms with Gasteiger partial charge in [-0.05, 0) is 70.7 Å². The Morgan fingerprint density at radius 2 is 1.95 bits per heavy atom. The Hall–Kier alpha value is -1.20. The molecule has 0 aliphatic rings. The van der Waals surface area contributed by atoms with E-state index in [0.29, 0.717) is 18.5 Å². The van der Waals surface area contributed by atoms with Crippen LogP contribution in [0.1, 0.15) is 21.5 Å². The molecule has 5 heteroatoms. The molecule has 0 aliphatic heterocycles. The first-order chi connectivity index (χ1) is 9.97. The molecule has 2 nitrogen and oxygen atoms in total. The van der Waals surface area contributed by atoms with Gasteiger partial charge in [-0.1, -0.05) is 22.0 Å². The van der Waals surface area contributed by atoms with E-state index in [1.54, 1.807) is 12.1 Å². The lowest BCUT2D eigenvalue weighted by atomic mass is 10.1. The van der Waals surface area contributed by atoms with Crippen LogP contribution in [-0.2, 0) is 6.42 Å². The smallest absolute Gasteiger partial charge is 0.252 e. The van der Waals surface area contributed by atoms with E-state index < -0.39 is 0 Å². The quantitative estimate of drug-likeness (QED) is 0.776. The Morgan fingerprint density at radius 1 is 1.19 bits per heavy atom. The number of benzene rings is 2. The van der Waals surface area contributed by atoms with Crippen LogP contribution >= 0.6 is 31.9 Å². The van der Waals surface area contributed by atoms with E-state index in [1.165, 1.54) is 12.1 Å². The van der Waals surface area contributed by atoms with E-state index in [0.717, 1.165) is 20.1 Å². The molecular weight excluding hydrogens is 401 g/mol. The molecule has 21 heavy (non-hydrogen) atoms. The van der Waals surface area contributed by atoms with Gasteiger partial charge >= 0.3 is 0 Å². The van der Waals surface area contributed by atoms with Crippen LogP contribution in [0.5, 0.6) is 0 Å². The van der Waals surface area contributed by atoms with Crippen molar-refractivity contribution in [2.75, 3.05) is 6.54 Å². The summed E-state index contributed by atoms with van der Waals surface area (Å²) in [5, 5.41) is 2.87. The summed E-state index contributed by atoms with van der Waals surface area (Å²) in [6.45, 7) is 2.37. The third-order valence-corrected chi connectivity index (χ3v) is 4.31. The minimum atomic E-state index is -0.237. The maximum Gasteiger partial charge on any atom is 0.252 e. The summed E-state index contributed by atoms with van der Waals surface area (Å²) < 4.78 is 14.7. The van der Waals surface area contributed by atoms with Crippen molar-refractivity contribution in [2.45, 2.75) is 13.3 Å². The van der Waals surface area contributed by atoms with Gasteiger partial charge in [0.2, 0.25) is 0 Å². The molecule has 0 unspecified atom stereocenters. The zero-order chi connectivity index (χ0) is 15.4. The van der Waals surface area contributed by atoms with E-state index in [2.05, 4.69) is 37.2 Å². The summed E-state index contributed by atoms with van der Waals surface area (Å²) in [6, 6.07) is 10.1. The molecule has 0 saturated carbocycles. The summed E-state index contributed by atoms with van der Waals surface area (Å²) in [6.07, 6.45) is 0.673. The molecule has 0 heterocycles. The molecule has 2 rings (SSSR count). The first kappa shape index (κ1) is 16.2. The predicted molar refractivity (Wildman–Crippen MR) is 89.0 cm³/mol. The number of carbonyl (C=O) groups is 1. The van der Waals surface area contributed by atoms with Crippen LogP contribution in [0.25, 0.3) is 0 Å². The molecule has 0 bridgehead atoms. The second-order valence-corrected chi connectivity index (χ2v) is 6.47. The Labute approximate surface area is 140 Å². The van der Waals surface area contributed by atoms with Gasteiger partial charge in [-0.15, -0.1) is 0 Å². The molecule has 2 aromatic carbocycles. The highest BCUT2D eigenvalue weighted by molar-refractivity contribution is 9.11. The number of hydrogen-bond donors (Lipinski definition) is 1. The fourth-order valence-electron chi connectivity index (χ4n) is 2.02. The lowest BCUT2D eigenvalue weighted by molar-refractivity contribution is 0.0953. The highest BCUT2D eigenvalue weighted by atomic mass is 79.9. The maximum absolute atomic E-state index is 13.0. The minimum absolute atomic E-state index is 0.130. The molecule has 0 fully saturated rings. The molecule has 110 valence electrons. The Bertz CT molecular complexity index is 673. The van der Waals surface area contributed by atoms with Crippen molar-refractivity contribution in [3.63, 3.8) is 0 Å². The summed E-state index contributed by atoms with van der Waals surface area (Å²) >= 11 is 6.72. The van der Waals surface area contributed by atoms with Gasteiger partial charge in [0, 0.05) is 15.5 Å². The van der Waals surface area contributed by atoms with Crippen LogP contribution in [0.4, 0.5) is 4.39 Å². The summed E-state index contributed by atoms with van der Waals surface area (Å²) in [7, 11) is 0. The predicted octanol–water partition coefficient (Wildman–Crippen LogP) is 4.63. The zero-order valence-corrected chi connectivity index (χ0v) is 14.6. The highest BCUT2D eigenvalue weighted by Crippen LogP contribution is 2.21. The van der Waals surface area contributed by atoms with Gasteiger partial charge in [0.1, 0.15) is 5.82 Å². The average molecular weight is 415 g/mol. The minimum Gasteiger partial charge on any atom is -0.352 e. The lowest BCUT2D eigenvalue weighted by Gasteiger charge is -2.09. The molecule has 0 radical (unpaired) electrons. The molecular formula is C16H14Br2FNO. The molecule has 0 aliphatic carbocycles. The van der Waals surface area contributed by atoms with E-state index in [4.69, 9.17) is 0 Å². The van der Waals surface area contributed by atoms with Crippen molar-refractivity contribution in [3.8, 4) is 0 Å². The van der Waals surface area contributed by atoms with Crippen LogP contribution < -0.4 is 5.32 Å². The largest absolute Gasteiger partial charge is 0.352 e. The maximum atomic E-state index is 13.0. The molecule has 0 aromatic heterocycles. The number of rotatable bonds is 4. The van der Waals surface area contributed by atoms with Gasteiger partial charge in [-0.3, -0.25) is 4.79 Å². The van der Waals surface area contributed by atoms with Crippen molar-refractivity contribution in [2.24, 2.45) is 0 Å².